The summed E-state index contributed by atoms with van der Waals surface area (Å²) in [5.74, 6) is 0.821. The van der Waals surface area contributed by atoms with Gasteiger partial charge in [0.25, 0.3) is 0 Å². The molecule has 0 aromatic heterocycles. The van der Waals surface area contributed by atoms with Gasteiger partial charge in [-0.05, 0) is 31.1 Å². The van der Waals surface area contributed by atoms with Crippen LogP contribution >= 0.6 is 0 Å². The summed E-state index contributed by atoms with van der Waals surface area (Å²) in [5.41, 5.74) is 0. The van der Waals surface area contributed by atoms with Crippen molar-refractivity contribution in [2.45, 2.75) is 317 Å². The quantitative estimate of drug-likeness (QED) is 0.0344. The highest BCUT2D eigenvalue weighted by molar-refractivity contribution is 5.71. The second-order valence-corrected chi connectivity index (χ2v) is 20.2. The summed E-state index contributed by atoms with van der Waals surface area (Å²) >= 11 is 0. The van der Waals surface area contributed by atoms with Gasteiger partial charge in [0, 0.05) is 19.3 Å². The third kappa shape index (κ3) is 49.4. The van der Waals surface area contributed by atoms with Gasteiger partial charge in [-0.3, -0.25) is 14.4 Å². The summed E-state index contributed by atoms with van der Waals surface area (Å²) in [5, 5.41) is 0. The van der Waals surface area contributed by atoms with Crippen molar-refractivity contribution in [2.24, 2.45) is 11.8 Å². The van der Waals surface area contributed by atoms with Crippen LogP contribution < -0.4 is 0 Å². The molecule has 0 N–H and O–H groups in total. The second-order valence-electron chi connectivity index (χ2n) is 20.2. The Bertz CT molecular complexity index is 947. The molecule has 0 rings (SSSR count). The van der Waals surface area contributed by atoms with E-state index in [1.54, 1.807) is 0 Å². The highest BCUT2D eigenvalue weighted by Gasteiger charge is 2.19. The molecule has 0 aliphatic carbocycles. The molecule has 62 heavy (non-hydrogen) atoms. The number of hydrogen-bond acceptors (Lipinski definition) is 6. The van der Waals surface area contributed by atoms with E-state index in [4.69, 9.17) is 14.2 Å². The molecule has 0 aliphatic heterocycles. The predicted molar refractivity (Wildman–Crippen MR) is 266 cm³/mol. The van der Waals surface area contributed by atoms with Crippen molar-refractivity contribution in [2.75, 3.05) is 13.2 Å². The number of hydrogen-bond donors (Lipinski definition) is 0. The summed E-state index contributed by atoms with van der Waals surface area (Å²) in [6.45, 7) is 11.4. The average molecular weight is 877 g/mol. The number of rotatable bonds is 50. The number of carbonyl (C=O) groups is 3. The molecular formula is C56H108O6. The van der Waals surface area contributed by atoms with Crippen LogP contribution in [0, 0.1) is 11.8 Å². The zero-order valence-electron chi connectivity index (χ0n) is 42.5. The summed E-state index contributed by atoms with van der Waals surface area (Å²) in [6, 6.07) is 0. The largest absolute Gasteiger partial charge is 0.462 e. The van der Waals surface area contributed by atoms with Crippen molar-refractivity contribution in [3.05, 3.63) is 0 Å². The number of unbranched alkanes of at least 4 members (excludes halogenated alkanes) is 35. The number of carbonyl (C=O) groups excluding carboxylic acids is 3. The van der Waals surface area contributed by atoms with Crippen molar-refractivity contribution in [3.8, 4) is 0 Å². The smallest absolute Gasteiger partial charge is 0.306 e. The van der Waals surface area contributed by atoms with Gasteiger partial charge < -0.3 is 14.2 Å². The second kappa shape index (κ2) is 48.9. The lowest BCUT2D eigenvalue weighted by Gasteiger charge is -2.18. The SMILES string of the molecule is CCCCCCCCCCCCCCCCC(=O)O[C@@H](COC(=O)CCCCCCCCCCCCCCCCC(C)C)COC(=O)CCCCCCCCCCCCC(C)C. The van der Waals surface area contributed by atoms with Gasteiger partial charge in [0.05, 0.1) is 0 Å². The van der Waals surface area contributed by atoms with Crippen molar-refractivity contribution >= 4 is 17.9 Å². The first-order valence-electron chi connectivity index (χ1n) is 27.7. The first-order valence-corrected chi connectivity index (χ1v) is 27.7. The summed E-state index contributed by atoms with van der Waals surface area (Å²) in [4.78, 5) is 38.1. The lowest BCUT2D eigenvalue weighted by molar-refractivity contribution is -0.167. The van der Waals surface area contributed by atoms with Crippen LogP contribution in [0.4, 0.5) is 0 Å². The molecular weight excluding hydrogens is 769 g/mol. The van der Waals surface area contributed by atoms with E-state index in [-0.39, 0.29) is 31.1 Å². The standard InChI is InChI=1S/C56H108O6/c1-6-7-8-9-10-11-12-13-17-21-28-33-38-43-48-56(59)62-53(50-61-55(58)47-42-37-32-27-23-22-25-30-35-40-45-52(4)5)49-60-54(57)46-41-36-31-26-20-18-15-14-16-19-24-29-34-39-44-51(2)3/h51-53H,6-50H2,1-5H3/t53-/m0/s1. The number of ether oxygens (including phenoxy) is 3. The predicted octanol–water partition coefficient (Wildman–Crippen LogP) is 18.1. The average Bonchev–Trinajstić information content (AvgIpc) is 3.24. The third-order valence-electron chi connectivity index (χ3n) is 12.7. The normalized spacial score (nSPS) is 12.0. The molecule has 0 saturated carbocycles. The Morgan fingerprint density at radius 1 is 0.306 bits per heavy atom. The zero-order valence-corrected chi connectivity index (χ0v) is 42.5. The Morgan fingerprint density at radius 2 is 0.532 bits per heavy atom. The molecule has 1 atom stereocenters. The Balaban J connectivity index is 4.29. The van der Waals surface area contributed by atoms with Gasteiger partial charge >= 0.3 is 17.9 Å². The maximum absolute atomic E-state index is 12.8. The topological polar surface area (TPSA) is 78.9 Å². The molecule has 0 spiro atoms. The van der Waals surface area contributed by atoms with E-state index in [2.05, 4.69) is 34.6 Å². The van der Waals surface area contributed by atoms with E-state index in [1.165, 1.54) is 199 Å². The van der Waals surface area contributed by atoms with Crippen LogP contribution in [-0.4, -0.2) is 37.2 Å². The molecule has 0 heterocycles. The van der Waals surface area contributed by atoms with Crippen molar-refractivity contribution < 1.29 is 28.6 Å². The van der Waals surface area contributed by atoms with Gasteiger partial charge in [-0.2, -0.15) is 0 Å². The van der Waals surface area contributed by atoms with Crippen LogP contribution in [0.5, 0.6) is 0 Å². The maximum atomic E-state index is 12.8. The monoisotopic (exact) mass is 877 g/mol. The van der Waals surface area contributed by atoms with Crippen LogP contribution in [0.3, 0.4) is 0 Å². The van der Waals surface area contributed by atoms with Crippen LogP contribution in [0.25, 0.3) is 0 Å². The van der Waals surface area contributed by atoms with Gasteiger partial charge in [-0.25, -0.2) is 0 Å². The highest BCUT2D eigenvalue weighted by Crippen LogP contribution is 2.18. The van der Waals surface area contributed by atoms with Crippen LogP contribution in [0.2, 0.25) is 0 Å². The van der Waals surface area contributed by atoms with E-state index in [0.29, 0.717) is 19.3 Å². The summed E-state index contributed by atoms with van der Waals surface area (Å²) in [7, 11) is 0. The molecule has 0 aromatic rings. The molecule has 0 aromatic carbocycles. The molecule has 0 saturated heterocycles. The van der Waals surface area contributed by atoms with Crippen molar-refractivity contribution in [1.29, 1.82) is 0 Å². The fraction of sp³-hybridized carbons (Fsp3) is 0.946. The highest BCUT2D eigenvalue weighted by atomic mass is 16.6. The molecule has 368 valence electrons. The first kappa shape index (κ1) is 60.4. The third-order valence-corrected chi connectivity index (χ3v) is 12.7. The summed E-state index contributed by atoms with van der Waals surface area (Å²) < 4.78 is 16.9. The fourth-order valence-electron chi connectivity index (χ4n) is 8.52. The Hall–Kier alpha value is -1.59. The molecule has 0 fully saturated rings. The fourth-order valence-corrected chi connectivity index (χ4v) is 8.52. The van der Waals surface area contributed by atoms with Crippen LogP contribution in [0.1, 0.15) is 311 Å². The van der Waals surface area contributed by atoms with Crippen molar-refractivity contribution in [1.82, 2.24) is 0 Å². The van der Waals surface area contributed by atoms with Gasteiger partial charge in [-0.1, -0.05) is 272 Å². The van der Waals surface area contributed by atoms with Crippen molar-refractivity contribution in [3.63, 3.8) is 0 Å². The van der Waals surface area contributed by atoms with E-state index >= 15 is 0 Å². The minimum absolute atomic E-state index is 0.0630. The van der Waals surface area contributed by atoms with E-state index in [1.807, 2.05) is 0 Å². The molecule has 0 amide bonds. The van der Waals surface area contributed by atoms with Gasteiger partial charge in [0.1, 0.15) is 13.2 Å². The summed E-state index contributed by atoms with van der Waals surface area (Å²) in [6.07, 6.45) is 50.9. The van der Waals surface area contributed by atoms with E-state index in [9.17, 15) is 14.4 Å². The minimum Gasteiger partial charge on any atom is -0.462 e. The lowest BCUT2D eigenvalue weighted by atomic mass is 10.0. The van der Waals surface area contributed by atoms with E-state index in [0.717, 1.165) is 69.6 Å². The Labute approximate surface area is 387 Å². The van der Waals surface area contributed by atoms with Crippen LogP contribution in [0.15, 0.2) is 0 Å². The Morgan fingerprint density at radius 3 is 0.790 bits per heavy atom. The minimum atomic E-state index is -0.762. The molecule has 0 aliphatic rings. The maximum Gasteiger partial charge on any atom is 0.306 e. The molecule has 6 heteroatoms. The Kier molecular flexibility index (Phi) is 47.6. The molecule has 6 nitrogen and oxygen atoms in total. The molecule has 0 bridgehead atoms. The molecule has 0 unspecified atom stereocenters. The zero-order chi connectivity index (χ0) is 45.4. The van der Waals surface area contributed by atoms with E-state index < -0.39 is 6.10 Å². The lowest BCUT2D eigenvalue weighted by Crippen LogP contribution is -2.30. The van der Waals surface area contributed by atoms with Gasteiger partial charge in [-0.15, -0.1) is 0 Å². The van der Waals surface area contributed by atoms with Gasteiger partial charge in [0.15, 0.2) is 6.10 Å². The first-order chi connectivity index (χ1) is 30.2. The molecule has 0 radical (unpaired) electrons. The number of esters is 3. The van der Waals surface area contributed by atoms with Gasteiger partial charge in [0.2, 0.25) is 0 Å². The van der Waals surface area contributed by atoms with Crippen LogP contribution in [-0.2, 0) is 28.6 Å².